The molecule has 12 heteroatoms. The van der Waals surface area contributed by atoms with Crippen LogP contribution in [0.15, 0.2) is 93.9 Å². The van der Waals surface area contributed by atoms with Gasteiger partial charge in [-0.2, -0.15) is 5.10 Å². The second kappa shape index (κ2) is 10.6. The summed E-state index contributed by atoms with van der Waals surface area (Å²) in [5.74, 6) is -1.04. The van der Waals surface area contributed by atoms with Gasteiger partial charge in [-0.05, 0) is 54.1 Å². The highest BCUT2D eigenvalue weighted by Crippen LogP contribution is 2.33. The number of hydrazone groups is 1. The van der Waals surface area contributed by atoms with E-state index in [1.807, 2.05) is 0 Å². The summed E-state index contributed by atoms with van der Waals surface area (Å²) < 4.78 is 33.7. The van der Waals surface area contributed by atoms with Gasteiger partial charge in [0.2, 0.25) is 5.96 Å². The lowest BCUT2D eigenvalue weighted by Crippen LogP contribution is -2.45. The lowest BCUT2D eigenvalue weighted by atomic mass is 9.86. The summed E-state index contributed by atoms with van der Waals surface area (Å²) in [5.41, 5.74) is -0.404. The molecule has 10 nitrogen and oxygen atoms in total. The van der Waals surface area contributed by atoms with Crippen molar-refractivity contribution in [2.45, 2.75) is 10.5 Å². The molecule has 37 heavy (non-hydrogen) atoms. The number of ether oxygens (including phenoxy) is 1. The molecule has 4 rings (SSSR count). The number of methoxy groups -OCH3 is 1. The van der Waals surface area contributed by atoms with E-state index in [2.05, 4.69) is 14.8 Å². The van der Waals surface area contributed by atoms with Gasteiger partial charge in [0.1, 0.15) is 18.0 Å². The van der Waals surface area contributed by atoms with E-state index in [0.717, 1.165) is 5.01 Å². The Labute approximate surface area is 218 Å². The van der Waals surface area contributed by atoms with Gasteiger partial charge < -0.3 is 14.9 Å². The molecule has 0 saturated heterocycles. The standard InChI is InChI=1S/C25H23ClN4O6S/c1-36-20-11-7-17(8-12-20)23-25(33,18-5-3-2-4-6-18)16-30(28-23)24(27-15-22(31)32)29-37(34,35)21-13-9-19(26)10-14-21/h2-14,33H,15-16H2,1H3,(H,27,29)(H,31,32). The van der Waals surface area contributed by atoms with Crippen molar-refractivity contribution >= 4 is 39.3 Å². The number of nitrogens with one attached hydrogen (secondary N) is 1. The number of nitrogens with zero attached hydrogens (tertiary/aromatic N) is 3. The van der Waals surface area contributed by atoms with Gasteiger partial charge in [0.05, 0.1) is 18.6 Å². The van der Waals surface area contributed by atoms with Crippen molar-refractivity contribution in [1.29, 1.82) is 0 Å². The fourth-order valence-electron chi connectivity index (χ4n) is 3.74. The number of hydrogen-bond donors (Lipinski definition) is 3. The van der Waals surface area contributed by atoms with Crippen LogP contribution in [0.4, 0.5) is 0 Å². The number of aliphatic hydroxyl groups is 1. The molecule has 0 spiro atoms. The summed E-state index contributed by atoms with van der Waals surface area (Å²) >= 11 is 5.87. The number of sulfonamides is 1. The molecule has 0 saturated carbocycles. The third-order valence-electron chi connectivity index (χ3n) is 5.56. The normalized spacial score (nSPS) is 17.9. The van der Waals surface area contributed by atoms with Gasteiger partial charge in [-0.1, -0.05) is 41.9 Å². The molecule has 0 aromatic heterocycles. The molecule has 3 aromatic carbocycles. The van der Waals surface area contributed by atoms with Crippen molar-refractivity contribution in [3.05, 3.63) is 95.0 Å². The summed E-state index contributed by atoms with van der Waals surface area (Å²) in [5, 5.41) is 27.1. The zero-order valence-corrected chi connectivity index (χ0v) is 21.1. The zero-order valence-electron chi connectivity index (χ0n) is 19.6. The molecule has 0 fully saturated rings. The van der Waals surface area contributed by atoms with E-state index in [9.17, 15) is 23.4 Å². The summed E-state index contributed by atoms with van der Waals surface area (Å²) in [7, 11) is -2.67. The number of carbonyl (C=O) groups is 1. The first kappa shape index (κ1) is 26.1. The first-order valence-corrected chi connectivity index (χ1v) is 12.8. The largest absolute Gasteiger partial charge is 0.497 e. The molecule has 0 amide bonds. The van der Waals surface area contributed by atoms with Crippen LogP contribution < -0.4 is 9.46 Å². The number of carboxylic acid groups (broad SMARTS) is 1. The third kappa shape index (κ3) is 5.74. The molecule has 3 N–H and O–H groups in total. The Hall–Kier alpha value is -3.93. The third-order valence-corrected chi connectivity index (χ3v) is 7.16. The number of rotatable bonds is 7. The van der Waals surface area contributed by atoms with E-state index in [-0.39, 0.29) is 23.1 Å². The van der Waals surface area contributed by atoms with Crippen LogP contribution in [0.2, 0.25) is 5.02 Å². The number of carboxylic acids is 1. The van der Waals surface area contributed by atoms with Crippen LogP contribution in [0, 0.1) is 0 Å². The molecular formula is C25H23ClN4O6S. The fourth-order valence-corrected chi connectivity index (χ4v) is 4.89. The summed E-state index contributed by atoms with van der Waals surface area (Å²) in [6, 6.07) is 21.0. The number of halogens is 1. The van der Waals surface area contributed by atoms with Crippen LogP contribution >= 0.6 is 11.6 Å². The smallest absolute Gasteiger partial charge is 0.325 e. The van der Waals surface area contributed by atoms with Crippen LogP contribution in [0.3, 0.4) is 0 Å². The molecule has 0 bridgehead atoms. The maximum absolute atomic E-state index is 13.1. The molecule has 1 aliphatic rings. The van der Waals surface area contributed by atoms with Crippen molar-refractivity contribution in [3.63, 3.8) is 0 Å². The molecule has 1 atom stereocenters. The molecule has 0 aliphatic carbocycles. The number of aliphatic carboxylic acids is 1. The van der Waals surface area contributed by atoms with Gasteiger partial charge in [0.25, 0.3) is 10.0 Å². The summed E-state index contributed by atoms with van der Waals surface area (Å²) in [4.78, 5) is 15.1. The molecular weight excluding hydrogens is 520 g/mol. The van der Waals surface area contributed by atoms with Crippen molar-refractivity contribution in [3.8, 4) is 5.75 Å². The zero-order chi connectivity index (χ0) is 26.6. The van der Waals surface area contributed by atoms with Gasteiger partial charge in [-0.15, -0.1) is 0 Å². The van der Waals surface area contributed by atoms with Gasteiger partial charge in [-0.3, -0.25) is 4.79 Å². The number of guanidine groups is 1. The number of aliphatic imine (C=N–C) groups is 1. The Kier molecular flexibility index (Phi) is 7.48. The summed E-state index contributed by atoms with van der Waals surface area (Å²) in [6.45, 7) is -0.966. The van der Waals surface area contributed by atoms with E-state index in [1.54, 1.807) is 54.6 Å². The van der Waals surface area contributed by atoms with Crippen LogP contribution in [0.1, 0.15) is 11.1 Å². The average Bonchev–Trinajstić information content (AvgIpc) is 3.25. The maximum Gasteiger partial charge on any atom is 0.325 e. The highest BCUT2D eigenvalue weighted by Gasteiger charge is 2.45. The predicted octanol–water partition coefficient (Wildman–Crippen LogP) is 2.68. The molecule has 1 heterocycles. The van der Waals surface area contributed by atoms with E-state index in [1.165, 1.54) is 31.4 Å². The van der Waals surface area contributed by atoms with Crippen molar-refractivity contribution in [1.82, 2.24) is 9.73 Å². The fraction of sp³-hybridized carbons (Fsp3) is 0.160. The number of benzene rings is 3. The Morgan fingerprint density at radius 2 is 1.76 bits per heavy atom. The van der Waals surface area contributed by atoms with Gasteiger partial charge in [0, 0.05) is 10.6 Å². The maximum atomic E-state index is 13.1. The van der Waals surface area contributed by atoms with Gasteiger partial charge in [0.15, 0.2) is 5.60 Å². The Morgan fingerprint density at radius 1 is 1.11 bits per heavy atom. The molecule has 1 unspecified atom stereocenters. The molecule has 3 aromatic rings. The first-order valence-electron chi connectivity index (χ1n) is 11.0. The lowest BCUT2D eigenvalue weighted by molar-refractivity contribution is -0.135. The second-order valence-corrected chi connectivity index (χ2v) is 10.2. The first-order chi connectivity index (χ1) is 17.6. The minimum atomic E-state index is -4.20. The Bertz CT molecular complexity index is 1440. The van der Waals surface area contributed by atoms with Crippen LogP contribution in [0.25, 0.3) is 0 Å². The topological polar surface area (TPSA) is 141 Å². The average molecular weight is 543 g/mol. The van der Waals surface area contributed by atoms with Crippen molar-refractivity contribution in [2.24, 2.45) is 10.1 Å². The predicted molar refractivity (Wildman–Crippen MR) is 138 cm³/mol. The Morgan fingerprint density at radius 3 is 2.35 bits per heavy atom. The number of hydrogen-bond acceptors (Lipinski definition) is 7. The van der Waals surface area contributed by atoms with Crippen molar-refractivity contribution < 1.29 is 28.2 Å². The van der Waals surface area contributed by atoms with Crippen LogP contribution in [-0.4, -0.2) is 61.5 Å². The van der Waals surface area contributed by atoms with Crippen LogP contribution in [-0.2, 0) is 20.4 Å². The van der Waals surface area contributed by atoms with Gasteiger partial charge in [-0.25, -0.2) is 23.1 Å². The highest BCUT2D eigenvalue weighted by atomic mass is 35.5. The molecule has 0 radical (unpaired) electrons. The molecule has 192 valence electrons. The second-order valence-electron chi connectivity index (χ2n) is 8.05. The monoisotopic (exact) mass is 542 g/mol. The van der Waals surface area contributed by atoms with Gasteiger partial charge >= 0.3 is 5.97 Å². The lowest BCUT2D eigenvalue weighted by Gasteiger charge is -2.26. The summed E-state index contributed by atoms with van der Waals surface area (Å²) in [6.07, 6.45) is 0. The number of β-amino-alcohol motifs (C(OH)–C–C–N with tert-alkyl or cyclic N) is 1. The quantitative estimate of drug-likeness (QED) is 0.308. The van der Waals surface area contributed by atoms with E-state index >= 15 is 0 Å². The van der Waals surface area contributed by atoms with Crippen molar-refractivity contribution in [2.75, 3.05) is 20.2 Å². The van der Waals surface area contributed by atoms with E-state index in [0.29, 0.717) is 21.9 Å². The SMILES string of the molecule is COc1ccc(C2=NN(C(=NCC(=O)O)NS(=O)(=O)c3ccc(Cl)cc3)CC2(O)c2ccccc2)cc1. The van der Waals surface area contributed by atoms with E-state index < -0.39 is 28.1 Å². The molecule has 1 aliphatic heterocycles. The highest BCUT2D eigenvalue weighted by molar-refractivity contribution is 7.90. The van der Waals surface area contributed by atoms with E-state index in [4.69, 9.17) is 16.3 Å². The minimum absolute atomic E-state index is 0.114. The Balaban J connectivity index is 1.78. The minimum Gasteiger partial charge on any atom is -0.497 e. The van der Waals surface area contributed by atoms with Crippen LogP contribution in [0.5, 0.6) is 5.75 Å².